The molecule has 0 saturated heterocycles. The van der Waals surface area contributed by atoms with Crippen LogP contribution in [-0.2, 0) is 9.59 Å². The quantitative estimate of drug-likeness (QED) is 0.447. The molecule has 2 N–H and O–H groups in total. The molecule has 0 aliphatic carbocycles. The molecule has 0 spiro atoms. The third-order valence-electron chi connectivity index (χ3n) is 1.95. The summed E-state index contributed by atoms with van der Waals surface area (Å²) in [5.74, 6) is 0.113. The van der Waals surface area contributed by atoms with Crippen molar-refractivity contribution in [3.63, 3.8) is 0 Å². The van der Waals surface area contributed by atoms with E-state index in [1.807, 2.05) is 13.8 Å². The lowest BCUT2D eigenvalue weighted by Gasteiger charge is -2.06. The summed E-state index contributed by atoms with van der Waals surface area (Å²) >= 11 is 0. The van der Waals surface area contributed by atoms with Gasteiger partial charge < -0.3 is 9.73 Å². The number of carbonyl (C=O) groups excluding carboxylic acids is 2. The molecule has 0 aliphatic rings. The number of hydrazone groups is 1. The molecule has 0 saturated carbocycles. The first kappa shape index (κ1) is 14.0. The Morgan fingerprint density at radius 3 is 2.83 bits per heavy atom. The number of nitrogens with one attached hydrogen (secondary N) is 2. The van der Waals surface area contributed by atoms with Crippen LogP contribution in [0.5, 0.6) is 0 Å². The summed E-state index contributed by atoms with van der Waals surface area (Å²) in [6.45, 7) is 4.52. The second-order valence-corrected chi connectivity index (χ2v) is 4.18. The van der Waals surface area contributed by atoms with Gasteiger partial charge in [0.2, 0.25) is 11.8 Å². The topological polar surface area (TPSA) is 83.7 Å². The van der Waals surface area contributed by atoms with Crippen molar-refractivity contribution in [3.05, 3.63) is 24.2 Å². The number of hydrogen-bond donors (Lipinski definition) is 2. The Morgan fingerprint density at radius 2 is 2.22 bits per heavy atom. The molecule has 6 nitrogen and oxygen atoms in total. The molecular weight excluding hydrogens is 234 g/mol. The first-order valence-corrected chi connectivity index (χ1v) is 5.70. The monoisotopic (exact) mass is 251 g/mol. The summed E-state index contributed by atoms with van der Waals surface area (Å²) < 4.78 is 4.98. The molecule has 98 valence electrons. The Balaban J connectivity index is 2.23. The zero-order chi connectivity index (χ0) is 13.4. The predicted octanol–water partition coefficient (Wildman–Crippen LogP) is 0.892. The highest BCUT2D eigenvalue weighted by Crippen LogP contribution is 1.94. The van der Waals surface area contributed by atoms with Gasteiger partial charge in [-0.25, -0.2) is 5.43 Å². The molecule has 0 bridgehead atoms. The molecule has 18 heavy (non-hydrogen) atoms. The van der Waals surface area contributed by atoms with Gasteiger partial charge in [-0.3, -0.25) is 9.59 Å². The minimum Gasteiger partial charge on any atom is -0.463 e. The highest BCUT2D eigenvalue weighted by Gasteiger charge is 2.08. The zero-order valence-corrected chi connectivity index (χ0v) is 10.5. The van der Waals surface area contributed by atoms with E-state index in [2.05, 4.69) is 15.8 Å². The second-order valence-electron chi connectivity index (χ2n) is 4.18. The zero-order valence-electron chi connectivity index (χ0n) is 10.5. The Bertz CT molecular complexity index is 410. The van der Waals surface area contributed by atoms with Gasteiger partial charge >= 0.3 is 0 Å². The van der Waals surface area contributed by atoms with Crippen molar-refractivity contribution in [1.82, 2.24) is 10.7 Å². The largest absolute Gasteiger partial charge is 0.463 e. The second kappa shape index (κ2) is 7.26. The minimum atomic E-state index is -0.459. The van der Waals surface area contributed by atoms with Gasteiger partial charge in [0.25, 0.3) is 0 Å². The molecule has 1 heterocycles. The van der Waals surface area contributed by atoms with E-state index in [0.29, 0.717) is 18.2 Å². The minimum absolute atomic E-state index is 0.234. The van der Waals surface area contributed by atoms with Crippen LogP contribution in [0.3, 0.4) is 0 Å². The average Bonchev–Trinajstić information content (AvgIpc) is 2.79. The lowest BCUT2D eigenvalue weighted by atomic mass is 10.2. The summed E-state index contributed by atoms with van der Waals surface area (Å²) in [5, 5.41) is 6.31. The molecule has 0 atom stereocenters. The molecule has 2 amide bonds. The number of nitrogens with zero attached hydrogens (tertiary/aromatic N) is 1. The molecule has 0 radical (unpaired) electrons. The fraction of sp³-hybridized carbons (Fsp3) is 0.417. The number of rotatable bonds is 6. The van der Waals surface area contributed by atoms with Gasteiger partial charge in [-0.2, -0.15) is 5.10 Å². The molecule has 0 aromatic carbocycles. The van der Waals surface area contributed by atoms with E-state index in [-0.39, 0.29) is 12.3 Å². The molecule has 1 aromatic rings. The van der Waals surface area contributed by atoms with Crippen LogP contribution >= 0.6 is 0 Å². The van der Waals surface area contributed by atoms with E-state index in [4.69, 9.17) is 4.42 Å². The van der Waals surface area contributed by atoms with Crippen LogP contribution in [0.1, 0.15) is 26.0 Å². The number of amides is 2. The third-order valence-corrected chi connectivity index (χ3v) is 1.95. The van der Waals surface area contributed by atoms with E-state index >= 15 is 0 Å². The standard InChI is InChI=1S/C12H17N3O3/c1-9(2)7-13-11(16)6-12(17)15-14-8-10-4-3-5-18-10/h3-5,8-9H,6-7H2,1-2H3,(H,13,16)(H,15,17)/b14-8-. The van der Waals surface area contributed by atoms with Crippen molar-refractivity contribution in [2.75, 3.05) is 6.54 Å². The van der Waals surface area contributed by atoms with E-state index in [9.17, 15) is 9.59 Å². The lowest BCUT2D eigenvalue weighted by Crippen LogP contribution is -2.32. The number of furan rings is 1. The Morgan fingerprint density at radius 1 is 1.44 bits per heavy atom. The van der Waals surface area contributed by atoms with E-state index < -0.39 is 5.91 Å². The third kappa shape index (κ3) is 5.83. The van der Waals surface area contributed by atoms with Crippen LogP contribution in [0.25, 0.3) is 0 Å². The maximum absolute atomic E-state index is 11.3. The normalized spacial score (nSPS) is 10.8. The maximum atomic E-state index is 11.3. The highest BCUT2D eigenvalue weighted by atomic mass is 16.3. The fourth-order valence-corrected chi connectivity index (χ4v) is 1.10. The highest BCUT2D eigenvalue weighted by molar-refractivity contribution is 5.97. The molecule has 1 rings (SSSR count). The van der Waals surface area contributed by atoms with E-state index in [1.165, 1.54) is 12.5 Å². The molecule has 1 aromatic heterocycles. The summed E-state index contributed by atoms with van der Waals surface area (Å²) in [5.41, 5.74) is 2.25. The lowest BCUT2D eigenvalue weighted by molar-refractivity contribution is -0.129. The van der Waals surface area contributed by atoms with Crippen molar-refractivity contribution in [1.29, 1.82) is 0 Å². The van der Waals surface area contributed by atoms with Gasteiger partial charge in [0.05, 0.1) is 12.5 Å². The molecule has 0 aliphatic heterocycles. The van der Waals surface area contributed by atoms with Gasteiger partial charge in [-0.1, -0.05) is 13.8 Å². The average molecular weight is 251 g/mol. The Kier molecular flexibility index (Phi) is 5.63. The smallest absolute Gasteiger partial charge is 0.249 e. The molecular formula is C12H17N3O3. The van der Waals surface area contributed by atoms with Crippen LogP contribution < -0.4 is 10.7 Å². The van der Waals surface area contributed by atoms with Crippen LogP contribution in [0.15, 0.2) is 27.9 Å². The molecule has 0 unspecified atom stereocenters. The summed E-state index contributed by atoms with van der Waals surface area (Å²) in [6.07, 6.45) is 2.63. The molecule has 6 heteroatoms. The number of hydrogen-bond acceptors (Lipinski definition) is 4. The van der Waals surface area contributed by atoms with Gasteiger partial charge in [-0.15, -0.1) is 0 Å². The van der Waals surface area contributed by atoms with Gasteiger partial charge in [-0.05, 0) is 18.1 Å². The van der Waals surface area contributed by atoms with Crippen molar-refractivity contribution in [3.8, 4) is 0 Å². The Labute approximate surface area is 105 Å². The van der Waals surface area contributed by atoms with Crippen molar-refractivity contribution in [2.24, 2.45) is 11.0 Å². The number of carbonyl (C=O) groups is 2. The van der Waals surface area contributed by atoms with Crippen LogP contribution in [0.4, 0.5) is 0 Å². The predicted molar refractivity (Wildman–Crippen MR) is 66.9 cm³/mol. The van der Waals surface area contributed by atoms with Crippen molar-refractivity contribution < 1.29 is 14.0 Å². The summed E-state index contributed by atoms with van der Waals surface area (Å²) in [4.78, 5) is 22.6. The summed E-state index contributed by atoms with van der Waals surface area (Å²) in [7, 11) is 0. The Hall–Kier alpha value is -2.11. The van der Waals surface area contributed by atoms with Crippen molar-refractivity contribution >= 4 is 18.0 Å². The fourth-order valence-electron chi connectivity index (χ4n) is 1.10. The first-order chi connectivity index (χ1) is 8.58. The van der Waals surface area contributed by atoms with Gasteiger partial charge in [0, 0.05) is 6.54 Å². The van der Waals surface area contributed by atoms with Crippen LogP contribution in [0, 0.1) is 5.92 Å². The summed E-state index contributed by atoms with van der Waals surface area (Å²) in [6, 6.07) is 3.41. The van der Waals surface area contributed by atoms with E-state index in [1.54, 1.807) is 12.1 Å². The maximum Gasteiger partial charge on any atom is 0.249 e. The van der Waals surface area contributed by atoms with Crippen molar-refractivity contribution in [2.45, 2.75) is 20.3 Å². The van der Waals surface area contributed by atoms with E-state index in [0.717, 1.165) is 0 Å². The van der Waals surface area contributed by atoms with Gasteiger partial charge in [0.1, 0.15) is 12.2 Å². The van der Waals surface area contributed by atoms with Crippen LogP contribution in [0.2, 0.25) is 0 Å². The van der Waals surface area contributed by atoms with Gasteiger partial charge in [0.15, 0.2) is 0 Å². The molecule has 0 fully saturated rings. The first-order valence-electron chi connectivity index (χ1n) is 5.70. The SMILES string of the molecule is CC(C)CNC(=O)CC(=O)N/N=C\c1ccco1. The van der Waals surface area contributed by atoms with Crippen LogP contribution in [-0.4, -0.2) is 24.6 Å².